The zero-order valence-electron chi connectivity index (χ0n) is 13.7. The van der Waals surface area contributed by atoms with Crippen LogP contribution in [0.1, 0.15) is 34.6 Å². The van der Waals surface area contributed by atoms with E-state index in [1.807, 2.05) is 42.2 Å². The van der Waals surface area contributed by atoms with Gasteiger partial charge in [0.05, 0.1) is 5.69 Å². The van der Waals surface area contributed by atoms with Gasteiger partial charge in [0.1, 0.15) is 9.88 Å². The molecule has 0 saturated carbocycles. The van der Waals surface area contributed by atoms with Crippen molar-refractivity contribution in [3.05, 3.63) is 40.9 Å². The lowest BCUT2D eigenvalue weighted by Crippen LogP contribution is -2.30. The van der Waals surface area contributed by atoms with Crippen LogP contribution in [0.15, 0.2) is 30.3 Å². The van der Waals surface area contributed by atoms with Crippen LogP contribution in [0, 0.1) is 6.92 Å². The standard InChI is InChI=1S/C18H21N3O2S/c1-13-16(24-18(20-13)14-7-3-2-4-8-14)17(23)19-10-6-12-21-11-5-9-15(21)22/h2-4,7-8H,5-6,9-12H2,1H3,(H,19,23). The summed E-state index contributed by atoms with van der Waals surface area (Å²) in [4.78, 5) is 30.9. The van der Waals surface area contributed by atoms with Gasteiger partial charge in [-0.1, -0.05) is 30.3 Å². The molecule has 24 heavy (non-hydrogen) atoms. The molecule has 0 bridgehead atoms. The number of aryl methyl sites for hydroxylation is 1. The second-order valence-corrected chi connectivity index (χ2v) is 6.89. The van der Waals surface area contributed by atoms with Gasteiger partial charge < -0.3 is 10.2 Å². The lowest BCUT2D eigenvalue weighted by Gasteiger charge is -2.15. The molecule has 0 atom stereocenters. The summed E-state index contributed by atoms with van der Waals surface area (Å²) in [6, 6.07) is 9.87. The number of nitrogens with zero attached hydrogens (tertiary/aromatic N) is 2. The Morgan fingerprint density at radius 2 is 2.12 bits per heavy atom. The summed E-state index contributed by atoms with van der Waals surface area (Å²) in [6.07, 6.45) is 2.39. The van der Waals surface area contributed by atoms with Crippen LogP contribution in [0.3, 0.4) is 0 Å². The van der Waals surface area contributed by atoms with Crippen molar-refractivity contribution in [1.82, 2.24) is 15.2 Å². The Labute approximate surface area is 145 Å². The third-order valence-electron chi connectivity index (χ3n) is 4.09. The smallest absolute Gasteiger partial charge is 0.263 e. The molecule has 6 heteroatoms. The van der Waals surface area contributed by atoms with Gasteiger partial charge in [0, 0.05) is 31.6 Å². The van der Waals surface area contributed by atoms with E-state index in [4.69, 9.17) is 0 Å². The largest absolute Gasteiger partial charge is 0.351 e. The van der Waals surface area contributed by atoms with Crippen LogP contribution in [0.5, 0.6) is 0 Å². The topological polar surface area (TPSA) is 62.3 Å². The van der Waals surface area contributed by atoms with E-state index in [0.717, 1.165) is 42.2 Å². The predicted octanol–water partition coefficient (Wildman–Crippen LogP) is 2.86. The third kappa shape index (κ3) is 3.82. The van der Waals surface area contributed by atoms with Crippen molar-refractivity contribution in [1.29, 1.82) is 0 Å². The van der Waals surface area contributed by atoms with Gasteiger partial charge >= 0.3 is 0 Å². The Hall–Kier alpha value is -2.21. The molecule has 1 fully saturated rings. The highest BCUT2D eigenvalue weighted by atomic mass is 32.1. The van der Waals surface area contributed by atoms with Gasteiger partial charge in [0.2, 0.25) is 5.91 Å². The van der Waals surface area contributed by atoms with Gasteiger partial charge in [-0.15, -0.1) is 11.3 Å². The second-order valence-electron chi connectivity index (χ2n) is 5.89. The first-order chi connectivity index (χ1) is 11.6. The maximum Gasteiger partial charge on any atom is 0.263 e. The van der Waals surface area contributed by atoms with Crippen LogP contribution in [0.4, 0.5) is 0 Å². The fourth-order valence-corrected chi connectivity index (χ4v) is 3.79. The molecule has 1 aromatic heterocycles. The first kappa shape index (κ1) is 16.6. The molecule has 1 N–H and O–H groups in total. The summed E-state index contributed by atoms with van der Waals surface area (Å²) in [7, 11) is 0. The highest BCUT2D eigenvalue weighted by Crippen LogP contribution is 2.27. The van der Waals surface area contributed by atoms with Gasteiger partial charge in [0.25, 0.3) is 5.91 Å². The molecule has 0 spiro atoms. The van der Waals surface area contributed by atoms with Crippen LogP contribution in [0.2, 0.25) is 0 Å². The van der Waals surface area contributed by atoms with E-state index in [-0.39, 0.29) is 11.8 Å². The fraction of sp³-hybridized carbons (Fsp3) is 0.389. The van der Waals surface area contributed by atoms with Crippen LogP contribution in [-0.4, -0.2) is 41.3 Å². The van der Waals surface area contributed by atoms with Crippen molar-refractivity contribution < 1.29 is 9.59 Å². The van der Waals surface area contributed by atoms with Gasteiger partial charge in [-0.2, -0.15) is 0 Å². The Kier molecular flexibility index (Phi) is 5.25. The van der Waals surface area contributed by atoms with Crippen molar-refractivity contribution in [2.24, 2.45) is 0 Å². The lowest BCUT2D eigenvalue weighted by molar-refractivity contribution is -0.127. The molecule has 5 nitrogen and oxygen atoms in total. The number of hydrogen-bond acceptors (Lipinski definition) is 4. The number of aromatic nitrogens is 1. The molecule has 1 aliphatic heterocycles. The van der Waals surface area contributed by atoms with E-state index in [9.17, 15) is 9.59 Å². The normalized spacial score (nSPS) is 14.2. The molecule has 0 unspecified atom stereocenters. The summed E-state index contributed by atoms with van der Waals surface area (Å²) in [5.41, 5.74) is 1.78. The monoisotopic (exact) mass is 343 g/mol. The Morgan fingerprint density at radius 1 is 1.33 bits per heavy atom. The number of likely N-dealkylation sites (tertiary alicyclic amines) is 1. The minimum absolute atomic E-state index is 0.0834. The van der Waals surface area contributed by atoms with Gasteiger partial charge in [-0.3, -0.25) is 9.59 Å². The molecule has 1 aromatic carbocycles. The van der Waals surface area contributed by atoms with E-state index >= 15 is 0 Å². The molecule has 2 amide bonds. The number of benzene rings is 1. The zero-order valence-corrected chi connectivity index (χ0v) is 14.6. The summed E-state index contributed by atoms with van der Waals surface area (Å²) >= 11 is 1.42. The van der Waals surface area contributed by atoms with Crippen LogP contribution in [0.25, 0.3) is 10.6 Å². The predicted molar refractivity (Wildman–Crippen MR) is 95.1 cm³/mol. The second kappa shape index (κ2) is 7.57. The molecular weight excluding hydrogens is 322 g/mol. The first-order valence-electron chi connectivity index (χ1n) is 8.24. The van der Waals surface area contributed by atoms with Crippen molar-refractivity contribution >= 4 is 23.2 Å². The summed E-state index contributed by atoms with van der Waals surface area (Å²) in [5.74, 6) is 0.145. The molecule has 0 radical (unpaired) electrons. The van der Waals surface area contributed by atoms with Crippen molar-refractivity contribution in [3.63, 3.8) is 0 Å². The van der Waals surface area contributed by atoms with Crippen LogP contribution in [-0.2, 0) is 4.79 Å². The van der Waals surface area contributed by atoms with E-state index < -0.39 is 0 Å². The van der Waals surface area contributed by atoms with E-state index in [2.05, 4.69) is 10.3 Å². The van der Waals surface area contributed by atoms with E-state index in [0.29, 0.717) is 17.8 Å². The molecular formula is C18H21N3O2S. The maximum absolute atomic E-state index is 12.3. The summed E-state index contributed by atoms with van der Waals surface area (Å²) < 4.78 is 0. The number of nitrogens with one attached hydrogen (secondary N) is 1. The number of thiazole rings is 1. The molecule has 3 rings (SSSR count). The highest BCUT2D eigenvalue weighted by Gasteiger charge is 2.19. The van der Waals surface area contributed by atoms with Crippen LogP contribution >= 0.6 is 11.3 Å². The summed E-state index contributed by atoms with van der Waals surface area (Å²) in [6.45, 7) is 4.00. The van der Waals surface area contributed by atoms with E-state index in [1.165, 1.54) is 11.3 Å². The van der Waals surface area contributed by atoms with Gasteiger partial charge in [-0.05, 0) is 19.8 Å². The number of carbonyl (C=O) groups is 2. The Balaban J connectivity index is 1.53. The van der Waals surface area contributed by atoms with Gasteiger partial charge in [0.15, 0.2) is 0 Å². The SMILES string of the molecule is Cc1nc(-c2ccccc2)sc1C(=O)NCCCN1CCCC1=O. The maximum atomic E-state index is 12.3. The Bertz CT molecular complexity index is 727. The minimum atomic E-state index is -0.0834. The molecule has 1 saturated heterocycles. The number of rotatable bonds is 6. The number of carbonyl (C=O) groups excluding carboxylic acids is 2. The van der Waals surface area contributed by atoms with E-state index in [1.54, 1.807) is 0 Å². The third-order valence-corrected chi connectivity index (χ3v) is 5.29. The summed E-state index contributed by atoms with van der Waals surface area (Å²) in [5, 5.41) is 3.80. The first-order valence-corrected chi connectivity index (χ1v) is 9.05. The highest BCUT2D eigenvalue weighted by molar-refractivity contribution is 7.17. The quantitative estimate of drug-likeness (QED) is 0.821. The molecule has 2 aromatic rings. The average molecular weight is 343 g/mol. The van der Waals surface area contributed by atoms with Crippen molar-refractivity contribution in [2.75, 3.05) is 19.6 Å². The zero-order chi connectivity index (χ0) is 16.9. The Morgan fingerprint density at radius 3 is 2.83 bits per heavy atom. The minimum Gasteiger partial charge on any atom is -0.351 e. The molecule has 1 aliphatic rings. The van der Waals surface area contributed by atoms with Gasteiger partial charge in [-0.25, -0.2) is 4.98 Å². The number of amides is 2. The molecule has 0 aliphatic carbocycles. The number of hydrogen-bond donors (Lipinski definition) is 1. The fourth-order valence-electron chi connectivity index (χ4n) is 2.80. The molecule has 2 heterocycles. The van der Waals surface area contributed by atoms with Crippen LogP contribution < -0.4 is 5.32 Å². The van der Waals surface area contributed by atoms with Crippen molar-refractivity contribution in [3.8, 4) is 10.6 Å². The van der Waals surface area contributed by atoms with Crippen molar-refractivity contribution in [2.45, 2.75) is 26.2 Å². The average Bonchev–Trinajstić information content (AvgIpc) is 3.18. The lowest BCUT2D eigenvalue weighted by atomic mass is 10.2. The molecule has 126 valence electrons.